The van der Waals surface area contributed by atoms with Gasteiger partial charge < -0.3 is 9.80 Å². The Hall–Kier alpha value is -1.93. The molecule has 28 heavy (non-hydrogen) atoms. The molecule has 3 fully saturated rings. The molecule has 1 atom stereocenters. The van der Waals surface area contributed by atoms with Crippen LogP contribution in [0.15, 0.2) is 35.2 Å². The number of benzene rings is 1. The lowest BCUT2D eigenvalue weighted by Gasteiger charge is -2.40. The van der Waals surface area contributed by atoms with Gasteiger partial charge >= 0.3 is 0 Å². The second-order valence-electron chi connectivity index (χ2n) is 7.87. The zero-order valence-electron chi connectivity index (χ0n) is 16.0. The van der Waals surface area contributed by atoms with E-state index in [0.29, 0.717) is 39.1 Å². The maximum Gasteiger partial charge on any atom is 0.243 e. The van der Waals surface area contributed by atoms with Crippen LogP contribution in [0.4, 0.5) is 0 Å². The van der Waals surface area contributed by atoms with E-state index >= 15 is 0 Å². The van der Waals surface area contributed by atoms with Crippen LogP contribution in [0.2, 0.25) is 0 Å². The Labute approximate surface area is 166 Å². The molecule has 0 N–H and O–H groups in total. The fourth-order valence-corrected chi connectivity index (χ4v) is 5.79. The van der Waals surface area contributed by atoms with Crippen molar-refractivity contribution in [1.82, 2.24) is 14.1 Å². The van der Waals surface area contributed by atoms with Crippen LogP contribution in [0.1, 0.15) is 32.1 Å². The van der Waals surface area contributed by atoms with Crippen molar-refractivity contribution in [3.05, 3.63) is 30.3 Å². The lowest BCUT2D eigenvalue weighted by molar-refractivity contribution is -0.143. The Kier molecular flexibility index (Phi) is 5.42. The molecule has 8 heteroatoms. The topological polar surface area (TPSA) is 78.0 Å². The van der Waals surface area contributed by atoms with Crippen molar-refractivity contribution in [2.45, 2.75) is 43.0 Å². The van der Waals surface area contributed by atoms with Crippen LogP contribution in [-0.2, 0) is 19.6 Å². The zero-order chi connectivity index (χ0) is 19.7. The number of carbonyl (C=O) groups excluding carboxylic acids is 2. The molecule has 0 radical (unpaired) electrons. The summed E-state index contributed by atoms with van der Waals surface area (Å²) in [6.07, 6.45) is 4.11. The first-order valence-corrected chi connectivity index (χ1v) is 11.6. The molecular weight excluding hydrogens is 378 g/mol. The summed E-state index contributed by atoms with van der Waals surface area (Å²) in [4.78, 5) is 29.2. The Balaban J connectivity index is 1.46. The fraction of sp³-hybridized carbons (Fsp3) is 0.600. The average molecular weight is 406 g/mol. The van der Waals surface area contributed by atoms with Crippen LogP contribution in [0.5, 0.6) is 0 Å². The molecule has 1 aliphatic carbocycles. The predicted molar refractivity (Wildman–Crippen MR) is 104 cm³/mol. The van der Waals surface area contributed by atoms with Gasteiger partial charge in [-0.15, -0.1) is 0 Å². The van der Waals surface area contributed by atoms with Gasteiger partial charge in [0.15, 0.2) is 0 Å². The highest BCUT2D eigenvalue weighted by atomic mass is 32.2. The number of piperidine rings is 1. The first-order valence-electron chi connectivity index (χ1n) is 10.1. The minimum Gasteiger partial charge on any atom is -0.339 e. The second-order valence-corrected chi connectivity index (χ2v) is 9.76. The first kappa shape index (κ1) is 19.4. The zero-order valence-corrected chi connectivity index (χ0v) is 16.8. The number of nitrogens with zero attached hydrogens (tertiary/aromatic N) is 3. The molecule has 1 saturated carbocycles. The smallest absolute Gasteiger partial charge is 0.243 e. The monoisotopic (exact) mass is 405 g/mol. The summed E-state index contributed by atoms with van der Waals surface area (Å²) in [5, 5.41) is 0. The summed E-state index contributed by atoms with van der Waals surface area (Å²) in [7, 11) is -3.70. The molecule has 3 aliphatic rings. The molecule has 1 aromatic carbocycles. The molecule has 0 aromatic heterocycles. The predicted octanol–water partition coefficient (Wildman–Crippen LogP) is 1.31. The number of hydrogen-bond donors (Lipinski definition) is 0. The molecule has 4 rings (SSSR count). The lowest BCUT2D eigenvalue weighted by atomic mass is 10.0. The molecule has 2 aliphatic heterocycles. The summed E-state index contributed by atoms with van der Waals surface area (Å²) in [6.45, 7) is 2.41. The highest BCUT2D eigenvalue weighted by Crippen LogP contribution is 2.31. The van der Waals surface area contributed by atoms with E-state index in [2.05, 4.69) is 0 Å². The van der Waals surface area contributed by atoms with Crippen molar-refractivity contribution in [3.8, 4) is 0 Å². The fourth-order valence-electron chi connectivity index (χ4n) is 4.11. The van der Waals surface area contributed by atoms with Crippen molar-refractivity contribution in [3.63, 3.8) is 0 Å². The van der Waals surface area contributed by atoms with E-state index in [-0.39, 0.29) is 22.6 Å². The van der Waals surface area contributed by atoms with Crippen LogP contribution in [0.25, 0.3) is 0 Å². The van der Waals surface area contributed by atoms with Gasteiger partial charge in [-0.3, -0.25) is 9.59 Å². The molecule has 7 nitrogen and oxygen atoms in total. The molecule has 1 aromatic rings. The number of amides is 2. The highest BCUT2D eigenvalue weighted by Gasteiger charge is 2.41. The van der Waals surface area contributed by atoms with Gasteiger partial charge in [0.05, 0.1) is 4.90 Å². The standard InChI is InChI=1S/C20H27N3O4S/c24-19(16-9-10-16)21-12-14-22(15-13-21)20(25)18-8-4-5-11-23(18)28(26,27)17-6-2-1-3-7-17/h1-3,6-7,16,18H,4-5,8-15H2. The van der Waals surface area contributed by atoms with Gasteiger partial charge in [-0.25, -0.2) is 8.42 Å². The van der Waals surface area contributed by atoms with Gasteiger partial charge in [-0.1, -0.05) is 24.6 Å². The van der Waals surface area contributed by atoms with Crippen LogP contribution in [0.3, 0.4) is 0 Å². The van der Waals surface area contributed by atoms with Crippen molar-refractivity contribution in [2.75, 3.05) is 32.7 Å². The van der Waals surface area contributed by atoms with E-state index in [4.69, 9.17) is 0 Å². The Morgan fingerprint density at radius 2 is 1.39 bits per heavy atom. The highest BCUT2D eigenvalue weighted by molar-refractivity contribution is 7.89. The van der Waals surface area contributed by atoms with Crippen molar-refractivity contribution < 1.29 is 18.0 Å². The molecule has 2 amide bonds. The van der Waals surface area contributed by atoms with E-state index in [9.17, 15) is 18.0 Å². The summed E-state index contributed by atoms with van der Waals surface area (Å²) < 4.78 is 27.6. The minimum absolute atomic E-state index is 0.127. The minimum atomic E-state index is -3.70. The summed E-state index contributed by atoms with van der Waals surface area (Å²) in [5.41, 5.74) is 0. The maximum absolute atomic E-state index is 13.2. The van der Waals surface area contributed by atoms with Gasteiger partial charge in [0.2, 0.25) is 21.8 Å². The molecular formula is C20H27N3O4S. The van der Waals surface area contributed by atoms with Crippen LogP contribution < -0.4 is 0 Å². The van der Waals surface area contributed by atoms with Crippen molar-refractivity contribution in [2.24, 2.45) is 5.92 Å². The first-order chi connectivity index (χ1) is 13.5. The van der Waals surface area contributed by atoms with E-state index in [1.54, 1.807) is 35.2 Å². The van der Waals surface area contributed by atoms with E-state index in [0.717, 1.165) is 25.7 Å². The molecule has 0 spiro atoms. The Bertz CT molecular complexity index is 830. The number of piperazine rings is 1. The maximum atomic E-state index is 13.2. The van der Waals surface area contributed by atoms with Crippen molar-refractivity contribution >= 4 is 21.8 Å². The Morgan fingerprint density at radius 3 is 2.00 bits per heavy atom. The molecule has 0 bridgehead atoms. The molecule has 2 heterocycles. The third-order valence-corrected chi connectivity index (χ3v) is 7.84. The largest absolute Gasteiger partial charge is 0.339 e. The molecule has 1 unspecified atom stereocenters. The number of sulfonamides is 1. The third-order valence-electron chi connectivity index (χ3n) is 5.92. The van der Waals surface area contributed by atoms with Crippen molar-refractivity contribution in [1.29, 1.82) is 0 Å². The summed E-state index contributed by atoms with van der Waals surface area (Å²) >= 11 is 0. The van der Waals surface area contributed by atoms with Gasteiger partial charge in [-0.05, 0) is 37.8 Å². The quantitative estimate of drug-likeness (QED) is 0.757. The van der Waals surface area contributed by atoms with Gasteiger partial charge in [0.1, 0.15) is 6.04 Å². The molecule has 2 saturated heterocycles. The number of hydrogen-bond acceptors (Lipinski definition) is 4. The summed E-state index contributed by atoms with van der Waals surface area (Å²) in [5.74, 6) is 0.267. The Morgan fingerprint density at radius 1 is 0.786 bits per heavy atom. The third kappa shape index (κ3) is 3.80. The number of rotatable bonds is 4. The average Bonchev–Trinajstić information content (AvgIpc) is 3.59. The van der Waals surface area contributed by atoms with E-state index in [1.807, 2.05) is 4.90 Å². The van der Waals surface area contributed by atoms with E-state index in [1.165, 1.54) is 4.31 Å². The van der Waals surface area contributed by atoms with Gasteiger partial charge in [0.25, 0.3) is 0 Å². The lowest BCUT2D eigenvalue weighted by Crippen LogP contribution is -2.57. The van der Waals surface area contributed by atoms with E-state index < -0.39 is 16.1 Å². The number of carbonyl (C=O) groups is 2. The van der Waals surface area contributed by atoms with Gasteiger partial charge in [-0.2, -0.15) is 4.31 Å². The second kappa shape index (κ2) is 7.83. The normalized spacial score (nSPS) is 24.2. The van der Waals surface area contributed by atoms with Crippen LogP contribution in [0, 0.1) is 5.92 Å². The molecule has 152 valence electrons. The SMILES string of the molecule is O=C(C1CC1)N1CCN(C(=O)C2CCCCN2S(=O)(=O)c2ccccc2)CC1. The van der Waals surface area contributed by atoms with Gasteiger partial charge in [0, 0.05) is 38.6 Å². The van der Waals surface area contributed by atoms with Crippen LogP contribution >= 0.6 is 0 Å². The summed E-state index contributed by atoms with van der Waals surface area (Å²) in [6, 6.07) is 7.68. The van der Waals surface area contributed by atoms with Crippen LogP contribution in [-0.4, -0.2) is 73.1 Å².